The minimum atomic E-state index is -0.825. The molecular formula is C21H17F2N5O2. The van der Waals surface area contributed by atoms with Crippen LogP contribution in [-0.2, 0) is 4.74 Å². The van der Waals surface area contributed by atoms with Crippen LogP contribution in [0.5, 0.6) is 0 Å². The minimum Gasteiger partial charge on any atom is -0.371 e. The quantitative estimate of drug-likeness (QED) is 0.690. The van der Waals surface area contributed by atoms with Crippen molar-refractivity contribution in [2.24, 2.45) is 0 Å². The zero-order valence-electron chi connectivity index (χ0n) is 15.7. The average Bonchev–Trinajstić information content (AvgIpc) is 3.31. The van der Waals surface area contributed by atoms with Crippen LogP contribution in [-0.4, -0.2) is 35.8 Å². The van der Waals surface area contributed by atoms with E-state index in [0.717, 1.165) is 17.5 Å². The topological polar surface area (TPSA) is 94.0 Å². The first-order valence-corrected chi connectivity index (χ1v) is 9.23. The zero-order valence-corrected chi connectivity index (χ0v) is 15.7. The third kappa shape index (κ3) is 3.78. The third-order valence-electron chi connectivity index (χ3n) is 4.78. The Hall–Kier alpha value is -3.61. The van der Waals surface area contributed by atoms with E-state index in [9.17, 15) is 9.18 Å². The monoisotopic (exact) mass is 409 g/mol. The molecular weight excluding hydrogens is 392 g/mol. The molecule has 1 aromatic heterocycles. The van der Waals surface area contributed by atoms with Crippen LogP contribution < -0.4 is 10.2 Å². The van der Waals surface area contributed by atoms with Gasteiger partial charge in [-0.2, -0.15) is 10.4 Å². The second-order valence-corrected chi connectivity index (χ2v) is 6.68. The SMILES string of the molecule is N#Cc1ccc(N(C(=O)c2cn[nH]c2)c2ccc([C@H]3CNCCO3)cc2F)c(F)c1. The standard InChI is InChI=1S/C21H17F2N5O2/c22-16-7-13(9-24)1-3-18(16)28(21(29)15-10-26-27-11-15)19-4-2-14(8-17(19)23)20-12-25-5-6-30-20/h1-4,7-8,10-11,20,25H,5-6,12H2,(H,26,27)/t20-/m1/s1. The number of halogens is 2. The second kappa shape index (κ2) is 8.41. The van der Waals surface area contributed by atoms with Crippen molar-refractivity contribution in [1.29, 1.82) is 5.26 Å². The van der Waals surface area contributed by atoms with Gasteiger partial charge in [-0.1, -0.05) is 6.07 Å². The number of nitriles is 1. The van der Waals surface area contributed by atoms with E-state index in [2.05, 4.69) is 15.5 Å². The van der Waals surface area contributed by atoms with Crippen molar-refractivity contribution in [2.45, 2.75) is 6.10 Å². The van der Waals surface area contributed by atoms with E-state index in [4.69, 9.17) is 10.00 Å². The molecule has 1 aliphatic rings. The number of rotatable bonds is 4. The number of nitrogens with one attached hydrogen (secondary N) is 2. The van der Waals surface area contributed by atoms with Crippen molar-refractivity contribution in [1.82, 2.24) is 15.5 Å². The molecule has 30 heavy (non-hydrogen) atoms. The summed E-state index contributed by atoms with van der Waals surface area (Å²) in [4.78, 5) is 14.0. The van der Waals surface area contributed by atoms with Crippen LogP contribution in [0.4, 0.5) is 20.2 Å². The summed E-state index contributed by atoms with van der Waals surface area (Å²) in [5.41, 5.74) is 0.519. The summed E-state index contributed by atoms with van der Waals surface area (Å²) < 4.78 is 35.6. The predicted molar refractivity (Wildman–Crippen MR) is 104 cm³/mol. The molecule has 0 unspecified atom stereocenters. The predicted octanol–water partition coefficient (Wildman–Crippen LogP) is 3.20. The average molecular weight is 409 g/mol. The fraction of sp³-hybridized carbons (Fsp3) is 0.190. The van der Waals surface area contributed by atoms with Gasteiger partial charge >= 0.3 is 0 Å². The Morgan fingerprint density at radius 1 is 1.20 bits per heavy atom. The molecule has 1 aliphatic heterocycles. The lowest BCUT2D eigenvalue weighted by Gasteiger charge is -2.26. The Labute approximate surface area is 170 Å². The first-order chi connectivity index (χ1) is 14.6. The summed E-state index contributed by atoms with van der Waals surface area (Å²) in [6, 6.07) is 9.81. The Bertz CT molecular complexity index is 1110. The highest BCUT2D eigenvalue weighted by Gasteiger charge is 2.27. The van der Waals surface area contributed by atoms with Crippen molar-refractivity contribution in [3.8, 4) is 6.07 Å². The maximum atomic E-state index is 15.2. The van der Waals surface area contributed by atoms with Crippen LogP contribution in [0, 0.1) is 23.0 Å². The molecule has 4 rings (SSSR count). The normalized spacial score (nSPS) is 16.1. The summed E-state index contributed by atoms with van der Waals surface area (Å²) in [7, 11) is 0. The van der Waals surface area contributed by atoms with Crippen molar-refractivity contribution in [2.75, 3.05) is 24.6 Å². The maximum absolute atomic E-state index is 15.2. The van der Waals surface area contributed by atoms with Gasteiger partial charge in [0.2, 0.25) is 0 Å². The van der Waals surface area contributed by atoms with Crippen LogP contribution in [0.25, 0.3) is 0 Å². The highest BCUT2D eigenvalue weighted by molar-refractivity contribution is 6.10. The summed E-state index contributed by atoms with van der Waals surface area (Å²) in [5.74, 6) is -2.20. The van der Waals surface area contributed by atoms with E-state index >= 15 is 4.39 Å². The molecule has 7 nitrogen and oxygen atoms in total. The van der Waals surface area contributed by atoms with Gasteiger partial charge in [0.05, 0.1) is 47.5 Å². The van der Waals surface area contributed by atoms with Gasteiger partial charge in [0.15, 0.2) is 0 Å². The smallest absolute Gasteiger partial charge is 0.266 e. The van der Waals surface area contributed by atoms with Crippen LogP contribution in [0.1, 0.15) is 27.6 Å². The zero-order chi connectivity index (χ0) is 21.1. The molecule has 0 aliphatic carbocycles. The number of nitrogens with zero attached hydrogens (tertiary/aromatic N) is 3. The minimum absolute atomic E-state index is 0.0877. The fourth-order valence-electron chi connectivity index (χ4n) is 3.29. The number of amides is 1. The lowest BCUT2D eigenvalue weighted by molar-refractivity contribution is 0.0275. The number of aromatic nitrogens is 2. The molecule has 1 atom stereocenters. The Kier molecular flexibility index (Phi) is 5.52. The van der Waals surface area contributed by atoms with E-state index in [0.29, 0.717) is 18.7 Å². The number of aromatic amines is 1. The van der Waals surface area contributed by atoms with Gasteiger partial charge in [0.1, 0.15) is 11.6 Å². The Morgan fingerprint density at radius 3 is 2.57 bits per heavy atom. The van der Waals surface area contributed by atoms with Crippen LogP contribution in [0.3, 0.4) is 0 Å². The Balaban J connectivity index is 1.78. The van der Waals surface area contributed by atoms with Gasteiger partial charge in [-0.25, -0.2) is 8.78 Å². The molecule has 2 N–H and O–H groups in total. The molecule has 1 fully saturated rings. The molecule has 0 radical (unpaired) electrons. The van der Waals surface area contributed by atoms with Crippen molar-refractivity contribution in [3.63, 3.8) is 0 Å². The van der Waals surface area contributed by atoms with E-state index in [1.807, 2.05) is 6.07 Å². The van der Waals surface area contributed by atoms with Crippen LogP contribution in [0.15, 0.2) is 48.8 Å². The molecule has 2 heterocycles. The maximum Gasteiger partial charge on any atom is 0.266 e. The molecule has 3 aromatic rings. The molecule has 1 saturated heterocycles. The molecule has 2 aromatic carbocycles. The number of benzene rings is 2. The number of carbonyl (C=O) groups excluding carboxylic acids is 1. The number of morpholine rings is 1. The van der Waals surface area contributed by atoms with Gasteiger partial charge in [-0.05, 0) is 35.9 Å². The molecule has 9 heteroatoms. The second-order valence-electron chi connectivity index (χ2n) is 6.68. The molecule has 0 saturated carbocycles. The van der Waals surface area contributed by atoms with E-state index in [-0.39, 0.29) is 28.6 Å². The molecule has 0 bridgehead atoms. The number of anilines is 2. The summed E-state index contributed by atoms with van der Waals surface area (Å²) in [6.45, 7) is 1.78. The number of carbonyl (C=O) groups is 1. The fourth-order valence-corrected chi connectivity index (χ4v) is 3.29. The van der Waals surface area contributed by atoms with E-state index in [1.165, 1.54) is 36.7 Å². The highest BCUT2D eigenvalue weighted by Crippen LogP contribution is 2.34. The van der Waals surface area contributed by atoms with Crippen LogP contribution in [0.2, 0.25) is 0 Å². The van der Waals surface area contributed by atoms with Gasteiger partial charge in [-0.3, -0.25) is 14.8 Å². The number of ether oxygens (including phenoxy) is 1. The largest absolute Gasteiger partial charge is 0.371 e. The Morgan fingerprint density at radius 2 is 1.97 bits per heavy atom. The number of hydrogen-bond acceptors (Lipinski definition) is 5. The first-order valence-electron chi connectivity index (χ1n) is 9.23. The van der Waals surface area contributed by atoms with Gasteiger partial charge < -0.3 is 10.1 Å². The van der Waals surface area contributed by atoms with Crippen LogP contribution >= 0.6 is 0 Å². The lowest BCUT2D eigenvalue weighted by atomic mass is 10.1. The van der Waals surface area contributed by atoms with Crippen molar-refractivity contribution < 1.29 is 18.3 Å². The third-order valence-corrected chi connectivity index (χ3v) is 4.78. The van der Waals surface area contributed by atoms with Crippen molar-refractivity contribution >= 4 is 17.3 Å². The van der Waals surface area contributed by atoms with E-state index in [1.54, 1.807) is 6.07 Å². The molecule has 0 spiro atoms. The van der Waals surface area contributed by atoms with Crippen molar-refractivity contribution in [3.05, 3.63) is 77.1 Å². The first kappa shape index (κ1) is 19.7. The van der Waals surface area contributed by atoms with Gasteiger partial charge in [0.25, 0.3) is 5.91 Å². The highest BCUT2D eigenvalue weighted by atomic mass is 19.1. The summed E-state index contributed by atoms with van der Waals surface area (Å²) in [5, 5.41) is 18.4. The molecule has 1 amide bonds. The number of H-pyrrole nitrogens is 1. The number of hydrogen-bond donors (Lipinski definition) is 2. The van der Waals surface area contributed by atoms with Gasteiger partial charge in [-0.15, -0.1) is 0 Å². The summed E-state index contributed by atoms with van der Waals surface area (Å²) >= 11 is 0. The van der Waals surface area contributed by atoms with E-state index < -0.39 is 17.5 Å². The van der Waals surface area contributed by atoms with Gasteiger partial charge in [0, 0.05) is 19.3 Å². The summed E-state index contributed by atoms with van der Waals surface area (Å²) in [6.07, 6.45) is 2.29. The lowest BCUT2D eigenvalue weighted by Crippen LogP contribution is -2.33. The molecule has 152 valence electrons.